The van der Waals surface area contributed by atoms with Gasteiger partial charge in [0.1, 0.15) is 16.3 Å². The number of anilines is 2. The van der Waals surface area contributed by atoms with Crippen molar-refractivity contribution >= 4 is 38.9 Å². The maximum atomic E-state index is 15.4. The first kappa shape index (κ1) is 19.8. The minimum absolute atomic E-state index is 0.00454. The van der Waals surface area contributed by atoms with Crippen molar-refractivity contribution in [3.05, 3.63) is 50.4 Å². The number of methoxy groups -OCH3 is 1. The normalized spacial score (nSPS) is 15.8. The molecule has 3 N–H and O–H groups in total. The van der Waals surface area contributed by atoms with E-state index in [1.165, 1.54) is 24.6 Å². The lowest BCUT2D eigenvalue weighted by molar-refractivity contribution is 0.0694. The predicted octanol–water partition coefficient (Wildman–Crippen LogP) is 3.61. The van der Waals surface area contributed by atoms with Crippen molar-refractivity contribution in [2.45, 2.75) is 31.8 Å². The molecule has 1 aliphatic heterocycles. The number of carboxylic acid groups (broad SMARTS) is 1. The predicted molar refractivity (Wildman–Crippen MR) is 114 cm³/mol. The summed E-state index contributed by atoms with van der Waals surface area (Å²) >= 11 is 1.46. The van der Waals surface area contributed by atoms with Gasteiger partial charge in [0.2, 0.25) is 5.43 Å². The number of benzene rings is 1. The number of aromatic carboxylic acids is 1. The molecule has 0 atom stereocenters. The Hall–Kier alpha value is -3.11. The Kier molecular flexibility index (Phi) is 4.63. The third-order valence-electron chi connectivity index (χ3n) is 5.87. The first-order valence-electron chi connectivity index (χ1n) is 9.88. The van der Waals surface area contributed by atoms with Gasteiger partial charge in [0, 0.05) is 30.2 Å². The number of fused-ring (bicyclic) bond motifs is 2. The van der Waals surface area contributed by atoms with Crippen LogP contribution in [0.15, 0.2) is 23.1 Å². The zero-order chi connectivity index (χ0) is 21.9. The monoisotopic (exact) mass is 445 g/mol. The van der Waals surface area contributed by atoms with E-state index in [1.807, 2.05) is 11.0 Å². The van der Waals surface area contributed by atoms with E-state index in [4.69, 9.17) is 4.74 Å². The van der Waals surface area contributed by atoms with Gasteiger partial charge in [-0.3, -0.25) is 15.5 Å². The minimum Gasteiger partial charge on any atom is -0.492 e. The first-order valence-corrected chi connectivity index (χ1v) is 10.7. The molecule has 0 bridgehead atoms. The fraction of sp³-hybridized carbons (Fsp3) is 0.333. The van der Waals surface area contributed by atoms with Crippen molar-refractivity contribution in [3.8, 4) is 5.75 Å². The standard InChI is InChI=1S/C21H20FN3O5S/c1-30-20-17-12(19(26)13(21(27)28)9-25(17)11-2-3-11)7-14(22)18(20)24-5-4-15-10(8-24)6-16(23-29)31-15/h6-7,9,11,23,29H,2-5,8H2,1H3,(H,27,28). The molecule has 3 heterocycles. The second-order valence-corrected chi connectivity index (χ2v) is 8.93. The highest BCUT2D eigenvalue weighted by Gasteiger charge is 2.32. The molecule has 5 rings (SSSR count). The van der Waals surface area contributed by atoms with Crippen molar-refractivity contribution in [2.75, 3.05) is 24.0 Å². The Morgan fingerprint density at radius 1 is 1.35 bits per heavy atom. The van der Waals surface area contributed by atoms with Crippen molar-refractivity contribution in [1.82, 2.24) is 4.57 Å². The van der Waals surface area contributed by atoms with Gasteiger partial charge in [-0.05, 0) is 37.0 Å². The van der Waals surface area contributed by atoms with Gasteiger partial charge in [0.15, 0.2) is 11.6 Å². The highest BCUT2D eigenvalue weighted by molar-refractivity contribution is 7.16. The summed E-state index contributed by atoms with van der Waals surface area (Å²) in [5.41, 5.74) is 2.72. The van der Waals surface area contributed by atoms with Gasteiger partial charge in [-0.2, -0.15) is 0 Å². The molecule has 3 aromatic rings. The molecule has 0 amide bonds. The summed E-state index contributed by atoms with van der Waals surface area (Å²) in [7, 11) is 1.43. The number of pyridine rings is 1. The van der Waals surface area contributed by atoms with Crippen molar-refractivity contribution in [2.24, 2.45) is 0 Å². The smallest absolute Gasteiger partial charge is 0.341 e. The molecule has 0 spiro atoms. The summed E-state index contributed by atoms with van der Waals surface area (Å²) in [6.45, 7) is 0.964. The van der Waals surface area contributed by atoms with E-state index in [0.29, 0.717) is 30.0 Å². The highest BCUT2D eigenvalue weighted by Crippen LogP contribution is 2.45. The topological polar surface area (TPSA) is 104 Å². The van der Waals surface area contributed by atoms with Crippen molar-refractivity contribution in [1.29, 1.82) is 0 Å². The lowest BCUT2D eigenvalue weighted by Crippen LogP contribution is -2.31. The van der Waals surface area contributed by atoms with E-state index in [-0.39, 0.29) is 28.4 Å². The second-order valence-electron chi connectivity index (χ2n) is 7.79. The Morgan fingerprint density at radius 2 is 2.13 bits per heavy atom. The Balaban J connectivity index is 1.72. The Bertz CT molecular complexity index is 1280. The number of aromatic nitrogens is 1. The van der Waals surface area contributed by atoms with Gasteiger partial charge in [-0.1, -0.05) is 0 Å². The summed E-state index contributed by atoms with van der Waals surface area (Å²) in [4.78, 5) is 27.4. The summed E-state index contributed by atoms with van der Waals surface area (Å²) in [5, 5.41) is 19.3. The van der Waals surface area contributed by atoms with Gasteiger partial charge in [-0.25, -0.2) is 9.18 Å². The average molecular weight is 445 g/mol. The molecule has 31 heavy (non-hydrogen) atoms. The molecular weight excluding hydrogens is 425 g/mol. The van der Waals surface area contributed by atoms with Crippen LogP contribution in [0.25, 0.3) is 10.9 Å². The molecule has 10 heteroatoms. The van der Waals surface area contributed by atoms with Crippen LogP contribution in [0, 0.1) is 5.82 Å². The van der Waals surface area contributed by atoms with Crippen LogP contribution in [0.5, 0.6) is 5.75 Å². The number of thiophene rings is 1. The van der Waals surface area contributed by atoms with Crippen LogP contribution < -0.4 is 20.5 Å². The van der Waals surface area contributed by atoms with Gasteiger partial charge in [-0.15, -0.1) is 11.3 Å². The lowest BCUT2D eigenvalue weighted by atomic mass is 10.0. The number of carboxylic acids is 1. The summed E-state index contributed by atoms with van der Waals surface area (Å²) < 4.78 is 22.8. The molecule has 1 saturated carbocycles. The summed E-state index contributed by atoms with van der Waals surface area (Å²) in [6, 6.07) is 3.01. The van der Waals surface area contributed by atoms with Crippen LogP contribution in [-0.2, 0) is 13.0 Å². The molecule has 162 valence electrons. The molecule has 1 aromatic carbocycles. The zero-order valence-corrected chi connectivity index (χ0v) is 17.5. The molecule has 1 aliphatic carbocycles. The second kappa shape index (κ2) is 7.24. The molecule has 0 radical (unpaired) electrons. The van der Waals surface area contributed by atoms with Crippen LogP contribution in [-0.4, -0.2) is 34.5 Å². The quantitative estimate of drug-likeness (QED) is 0.516. The maximum absolute atomic E-state index is 15.4. The number of nitrogens with zero attached hydrogens (tertiary/aromatic N) is 2. The molecule has 0 saturated heterocycles. The van der Waals surface area contributed by atoms with E-state index >= 15 is 4.39 Å². The van der Waals surface area contributed by atoms with E-state index in [2.05, 4.69) is 5.48 Å². The maximum Gasteiger partial charge on any atom is 0.341 e. The minimum atomic E-state index is -1.33. The summed E-state index contributed by atoms with van der Waals surface area (Å²) in [5.74, 6) is -1.74. The summed E-state index contributed by atoms with van der Waals surface area (Å²) in [6.07, 6.45) is 3.73. The van der Waals surface area contributed by atoms with Crippen LogP contribution in [0.4, 0.5) is 15.1 Å². The Morgan fingerprint density at radius 3 is 2.77 bits per heavy atom. The van der Waals surface area contributed by atoms with E-state index in [9.17, 15) is 19.9 Å². The van der Waals surface area contributed by atoms with Gasteiger partial charge in [0.25, 0.3) is 0 Å². The van der Waals surface area contributed by atoms with Crippen molar-refractivity contribution in [3.63, 3.8) is 0 Å². The average Bonchev–Trinajstić information content (AvgIpc) is 3.51. The van der Waals surface area contributed by atoms with E-state index in [0.717, 1.165) is 29.3 Å². The van der Waals surface area contributed by atoms with Crippen LogP contribution in [0.3, 0.4) is 0 Å². The number of hydrogen-bond donors (Lipinski definition) is 3. The SMILES string of the molecule is COc1c(N2CCc3sc(NO)cc3C2)c(F)cc2c(=O)c(C(=O)O)cn(C3CC3)c12. The lowest BCUT2D eigenvalue weighted by Gasteiger charge is -2.31. The van der Waals surface area contributed by atoms with E-state index in [1.54, 1.807) is 4.57 Å². The molecule has 2 aliphatic rings. The number of hydrogen-bond acceptors (Lipinski definition) is 7. The molecular formula is C21H20FN3O5S. The van der Waals surface area contributed by atoms with Crippen LogP contribution in [0.1, 0.15) is 39.7 Å². The van der Waals surface area contributed by atoms with E-state index < -0.39 is 17.2 Å². The largest absolute Gasteiger partial charge is 0.492 e. The Labute approximate surface area is 180 Å². The number of rotatable bonds is 5. The molecule has 8 nitrogen and oxygen atoms in total. The number of nitrogens with one attached hydrogen (secondary N) is 1. The molecule has 0 unspecified atom stereocenters. The third kappa shape index (κ3) is 3.14. The molecule has 2 aromatic heterocycles. The highest BCUT2D eigenvalue weighted by atomic mass is 32.1. The molecule has 1 fully saturated rings. The number of halogens is 1. The first-order chi connectivity index (χ1) is 14.9. The van der Waals surface area contributed by atoms with Crippen LogP contribution in [0.2, 0.25) is 0 Å². The van der Waals surface area contributed by atoms with Gasteiger partial charge >= 0.3 is 5.97 Å². The number of carbonyl (C=O) groups is 1. The number of ether oxygens (including phenoxy) is 1. The zero-order valence-electron chi connectivity index (χ0n) is 16.6. The third-order valence-corrected chi connectivity index (χ3v) is 7.01. The van der Waals surface area contributed by atoms with Gasteiger partial charge < -0.3 is 19.3 Å². The fourth-order valence-electron chi connectivity index (χ4n) is 4.30. The van der Waals surface area contributed by atoms with Gasteiger partial charge in [0.05, 0.1) is 18.0 Å². The fourth-order valence-corrected chi connectivity index (χ4v) is 5.26. The van der Waals surface area contributed by atoms with Crippen LogP contribution >= 0.6 is 11.3 Å². The van der Waals surface area contributed by atoms with Crippen molar-refractivity contribution < 1.29 is 24.2 Å².